The second-order valence-corrected chi connectivity index (χ2v) is 4.64. The zero-order chi connectivity index (χ0) is 14.1. The number of rotatable bonds is 3. The molecule has 1 unspecified atom stereocenters. The minimum absolute atomic E-state index is 0.0820. The average molecular weight is 271 g/mol. The van der Waals surface area contributed by atoms with Crippen molar-refractivity contribution in [2.24, 2.45) is 0 Å². The maximum Gasteiger partial charge on any atom is 0.203 e. The summed E-state index contributed by atoms with van der Waals surface area (Å²) in [6.07, 6.45) is 3.49. The SMILES string of the molecule is Cc1nnc2c(NC(C)c3cccc(F)c3)nccn12. The molecule has 1 N–H and O–H groups in total. The largest absolute Gasteiger partial charge is 0.360 e. The molecule has 102 valence electrons. The summed E-state index contributed by atoms with van der Waals surface area (Å²) in [5.41, 5.74) is 1.51. The van der Waals surface area contributed by atoms with Gasteiger partial charge in [-0.3, -0.25) is 4.40 Å². The fraction of sp³-hybridized carbons (Fsp3) is 0.214. The van der Waals surface area contributed by atoms with Gasteiger partial charge in [-0.15, -0.1) is 10.2 Å². The Morgan fingerprint density at radius 3 is 2.95 bits per heavy atom. The summed E-state index contributed by atoms with van der Waals surface area (Å²) in [6, 6.07) is 6.42. The third kappa shape index (κ3) is 2.20. The molecule has 0 spiro atoms. The highest BCUT2D eigenvalue weighted by atomic mass is 19.1. The maximum absolute atomic E-state index is 13.3. The molecule has 0 fully saturated rings. The first kappa shape index (κ1) is 12.5. The van der Waals surface area contributed by atoms with Gasteiger partial charge in [-0.1, -0.05) is 12.1 Å². The third-order valence-electron chi connectivity index (χ3n) is 3.20. The Morgan fingerprint density at radius 2 is 2.15 bits per heavy atom. The molecule has 6 heteroatoms. The van der Waals surface area contributed by atoms with E-state index in [9.17, 15) is 4.39 Å². The van der Waals surface area contributed by atoms with Gasteiger partial charge >= 0.3 is 0 Å². The predicted molar refractivity (Wildman–Crippen MR) is 74.0 cm³/mol. The fourth-order valence-corrected chi connectivity index (χ4v) is 2.11. The number of anilines is 1. The fourth-order valence-electron chi connectivity index (χ4n) is 2.11. The van der Waals surface area contributed by atoms with Gasteiger partial charge in [0.15, 0.2) is 5.82 Å². The molecule has 0 aliphatic heterocycles. The minimum Gasteiger partial charge on any atom is -0.360 e. The summed E-state index contributed by atoms with van der Waals surface area (Å²) in [5, 5.41) is 11.4. The Hall–Kier alpha value is -2.50. The number of nitrogens with one attached hydrogen (secondary N) is 1. The van der Waals surface area contributed by atoms with Crippen LogP contribution >= 0.6 is 0 Å². The number of hydrogen-bond acceptors (Lipinski definition) is 4. The van der Waals surface area contributed by atoms with Gasteiger partial charge in [-0.05, 0) is 31.5 Å². The van der Waals surface area contributed by atoms with Crippen LogP contribution in [0.25, 0.3) is 5.65 Å². The zero-order valence-electron chi connectivity index (χ0n) is 11.2. The molecule has 0 bridgehead atoms. The van der Waals surface area contributed by atoms with Crippen molar-refractivity contribution >= 4 is 11.5 Å². The van der Waals surface area contributed by atoms with E-state index in [0.717, 1.165) is 11.4 Å². The maximum atomic E-state index is 13.3. The number of hydrogen-bond donors (Lipinski definition) is 1. The van der Waals surface area contributed by atoms with Crippen LogP contribution in [-0.2, 0) is 0 Å². The molecule has 3 rings (SSSR count). The van der Waals surface area contributed by atoms with Gasteiger partial charge in [0, 0.05) is 12.4 Å². The van der Waals surface area contributed by atoms with Crippen molar-refractivity contribution in [3.8, 4) is 0 Å². The minimum atomic E-state index is -0.249. The van der Waals surface area contributed by atoms with Crippen molar-refractivity contribution < 1.29 is 4.39 Å². The van der Waals surface area contributed by atoms with Gasteiger partial charge in [-0.25, -0.2) is 9.37 Å². The molecule has 0 amide bonds. The monoisotopic (exact) mass is 271 g/mol. The van der Waals surface area contributed by atoms with Crippen molar-refractivity contribution in [3.05, 3.63) is 53.9 Å². The van der Waals surface area contributed by atoms with Gasteiger partial charge < -0.3 is 5.32 Å². The number of benzene rings is 1. The molecule has 0 saturated carbocycles. The Kier molecular flexibility index (Phi) is 3.06. The molecular formula is C14H14FN5. The van der Waals surface area contributed by atoms with E-state index in [0.29, 0.717) is 11.5 Å². The second-order valence-electron chi connectivity index (χ2n) is 4.64. The molecule has 1 atom stereocenters. The summed E-state index contributed by atoms with van der Waals surface area (Å²) in [7, 11) is 0. The predicted octanol–water partition coefficient (Wildman–Crippen LogP) is 2.74. The molecule has 0 aliphatic rings. The number of fused-ring (bicyclic) bond motifs is 1. The van der Waals surface area contributed by atoms with Crippen molar-refractivity contribution in [2.45, 2.75) is 19.9 Å². The van der Waals surface area contributed by atoms with Crippen LogP contribution in [0.3, 0.4) is 0 Å². The first-order valence-corrected chi connectivity index (χ1v) is 6.33. The van der Waals surface area contributed by atoms with E-state index in [1.165, 1.54) is 12.1 Å². The molecular weight excluding hydrogens is 257 g/mol. The summed E-state index contributed by atoms with van der Waals surface area (Å²) < 4.78 is 15.1. The van der Waals surface area contributed by atoms with Gasteiger partial charge in [0.25, 0.3) is 0 Å². The van der Waals surface area contributed by atoms with E-state index in [1.807, 2.05) is 30.5 Å². The van der Waals surface area contributed by atoms with Crippen LogP contribution in [0.2, 0.25) is 0 Å². The Bertz CT molecular complexity index is 752. The number of aryl methyl sites for hydroxylation is 1. The first-order valence-electron chi connectivity index (χ1n) is 6.33. The molecule has 2 heterocycles. The lowest BCUT2D eigenvalue weighted by molar-refractivity contribution is 0.623. The van der Waals surface area contributed by atoms with Crippen molar-refractivity contribution in [1.29, 1.82) is 0 Å². The lowest BCUT2D eigenvalue weighted by atomic mass is 10.1. The van der Waals surface area contributed by atoms with Crippen molar-refractivity contribution in [3.63, 3.8) is 0 Å². The highest BCUT2D eigenvalue weighted by molar-refractivity contribution is 5.62. The third-order valence-corrected chi connectivity index (χ3v) is 3.20. The second kappa shape index (κ2) is 4.88. The topological polar surface area (TPSA) is 55.1 Å². The van der Waals surface area contributed by atoms with E-state index in [2.05, 4.69) is 20.5 Å². The van der Waals surface area contributed by atoms with Crippen LogP contribution < -0.4 is 5.32 Å². The normalized spacial score (nSPS) is 12.6. The molecule has 0 aliphatic carbocycles. The summed E-state index contributed by atoms with van der Waals surface area (Å²) in [6.45, 7) is 3.82. The van der Waals surface area contributed by atoms with Crippen LogP contribution in [-0.4, -0.2) is 19.6 Å². The first-order chi connectivity index (χ1) is 9.65. The van der Waals surface area contributed by atoms with E-state index in [-0.39, 0.29) is 11.9 Å². The van der Waals surface area contributed by atoms with E-state index in [1.54, 1.807) is 12.3 Å². The number of nitrogens with zero attached hydrogens (tertiary/aromatic N) is 4. The van der Waals surface area contributed by atoms with Crippen LogP contribution in [0.5, 0.6) is 0 Å². The van der Waals surface area contributed by atoms with Crippen molar-refractivity contribution in [1.82, 2.24) is 19.6 Å². The van der Waals surface area contributed by atoms with Crippen LogP contribution in [0.4, 0.5) is 10.2 Å². The Balaban J connectivity index is 1.93. The summed E-state index contributed by atoms with van der Waals surface area (Å²) >= 11 is 0. The lowest BCUT2D eigenvalue weighted by Crippen LogP contribution is -2.09. The van der Waals surface area contributed by atoms with Gasteiger partial charge in [0.2, 0.25) is 5.65 Å². The summed E-state index contributed by atoms with van der Waals surface area (Å²) in [5.74, 6) is 1.18. The van der Waals surface area contributed by atoms with Gasteiger partial charge in [0.1, 0.15) is 11.6 Å². The number of halogens is 1. The van der Waals surface area contributed by atoms with Gasteiger partial charge in [0.05, 0.1) is 6.04 Å². The van der Waals surface area contributed by atoms with Crippen LogP contribution in [0.1, 0.15) is 24.4 Å². The van der Waals surface area contributed by atoms with Crippen LogP contribution in [0.15, 0.2) is 36.7 Å². The summed E-state index contributed by atoms with van der Waals surface area (Å²) in [4.78, 5) is 4.28. The number of aromatic nitrogens is 4. The van der Waals surface area contributed by atoms with E-state index < -0.39 is 0 Å². The smallest absolute Gasteiger partial charge is 0.203 e. The highest BCUT2D eigenvalue weighted by Gasteiger charge is 2.12. The highest BCUT2D eigenvalue weighted by Crippen LogP contribution is 2.21. The standard InChI is InChI=1S/C14H14FN5/c1-9(11-4-3-5-12(15)8-11)17-13-14-19-18-10(2)20(14)7-6-16-13/h3-9H,1-2H3,(H,16,17). The Labute approximate surface area is 115 Å². The molecule has 5 nitrogen and oxygen atoms in total. The van der Waals surface area contributed by atoms with Crippen molar-refractivity contribution in [2.75, 3.05) is 5.32 Å². The quantitative estimate of drug-likeness (QED) is 0.795. The molecule has 2 aromatic heterocycles. The molecule has 0 radical (unpaired) electrons. The molecule has 3 aromatic rings. The molecule has 20 heavy (non-hydrogen) atoms. The molecule has 1 aromatic carbocycles. The lowest BCUT2D eigenvalue weighted by Gasteiger charge is -2.15. The average Bonchev–Trinajstić information content (AvgIpc) is 2.82. The zero-order valence-corrected chi connectivity index (χ0v) is 11.2. The van der Waals surface area contributed by atoms with Gasteiger partial charge in [-0.2, -0.15) is 0 Å². The van der Waals surface area contributed by atoms with E-state index >= 15 is 0 Å². The van der Waals surface area contributed by atoms with Crippen LogP contribution in [0, 0.1) is 12.7 Å². The molecule has 0 saturated heterocycles. The Morgan fingerprint density at radius 1 is 1.30 bits per heavy atom. The van der Waals surface area contributed by atoms with E-state index in [4.69, 9.17) is 0 Å².